The van der Waals surface area contributed by atoms with Gasteiger partial charge in [0.25, 0.3) is 0 Å². The van der Waals surface area contributed by atoms with Crippen molar-refractivity contribution in [3.05, 3.63) is 46.2 Å². The van der Waals surface area contributed by atoms with Crippen LogP contribution in [0.3, 0.4) is 0 Å². The topological polar surface area (TPSA) is 54.9 Å². The highest BCUT2D eigenvalue weighted by atomic mass is 32.1. The summed E-state index contributed by atoms with van der Waals surface area (Å²) in [7, 11) is 3.31. The Labute approximate surface area is 147 Å². The van der Waals surface area contributed by atoms with Gasteiger partial charge in [-0.05, 0) is 36.9 Å². The lowest BCUT2D eigenvalue weighted by Gasteiger charge is -2.12. The zero-order chi connectivity index (χ0) is 17.2. The molecule has 0 radical (unpaired) electrons. The number of thiophene rings is 1. The number of hydrogen-bond donors (Lipinski definition) is 2. The molecule has 0 aliphatic heterocycles. The van der Waals surface area contributed by atoms with E-state index >= 15 is 0 Å². The lowest BCUT2D eigenvalue weighted by molar-refractivity contribution is 0.391. The van der Waals surface area contributed by atoms with Gasteiger partial charge in [0.1, 0.15) is 11.5 Å². The van der Waals surface area contributed by atoms with Crippen molar-refractivity contribution in [2.24, 2.45) is 4.99 Å². The summed E-state index contributed by atoms with van der Waals surface area (Å²) >= 11 is 1.78. The number of nitrogens with zero attached hydrogens (tertiary/aromatic N) is 1. The second-order valence-corrected chi connectivity index (χ2v) is 6.16. The normalized spacial score (nSPS) is 11.2. The minimum absolute atomic E-state index is 0.543. The van der Waals surface area contributed by atoms with E-state index in [2.05, 4.69) is 40.1 Å². The van der Waals surface area contributed by atoms with Gasteiger partial charge >= 0.3 is 0 Å². The number of benzene rings is 1. The molecule has 0 spiro atoms. The van der Waals surface area contributed by atoms with Crippen LogP contribution in [0, 0.1) is 0 Å². The highest BCUT2D eigenvalue weighted by Crippen LogP contribution is 2.25. The maximum Gasteiger partial charge on any atom is 0.191 e. The van der Waals surface area contributed by atoms with Gasteiger partial charge in [0, 0.05) is 29.6 Å². The summed E-state index contributed by atoms with van der Waals surface area (Å²) in [5.74, 6) is 2.38. The molecule has 5 nitrogen and oxygen atoms in total. The highest BCUT2D eigenvalue weighted by molar-refractivity contribution is 7.09. The fourth-order valence-electron chi connectivity index (χ4n) is 2.25. The zero-order valence-electron chi connectivity index (χ0n) is 14.5. The number of rotatable bonds is 8. The van der Waals surface area contributed by atoms with E-state index in [0.717, 1.165) is 42.5 Å². The maximum atomic E-state index is 5.42. The van der Waals surface area contributed by atoms with Crippen molar-refractivity contribution in [1.82, 2.24) is 10.6 Å². The predicted octanol–water partition coefficient (Wildman–Crippen LogP) is 3.06. The molecule has 1 heterocycles. The van der Waals surface area contributed by atoms with Crippen LogP contribution in [0.15, 0.2) is 40.7 Å². The predicted molar refractivity (Wildman–Crippen MR) is 100 cm³/mol. The van der Waals surface area contributed by atoms with E-state index < -0.39 is 0 Å². The molecule has 6 heteroatoms. The Morgan fingerprint density at radius 3 is 2.71 bits per heavy atom. The molecule has 0 amide bonds. The Morgan fingerprint density at radius 1 is 1.17 bits per heavy atom. The third kappa shape index (κ3) is 5.45. The molecular formula is C18H25N3O2S. The van der Waals surface area contributed by atoms with Crippen molar-refractivity contribution in [2.45, 2.75) is 19.9 Å². The number of ether oxygens (including phenoxy) is 2. The van der Waals surface area contributed by atoms with Crippen LogP contribution in [0.25, 0.3) is 0 Å². The monoisotopic (exact) mass is 347 g/mol. The first kappa shape index (κ1) is 18.1. The van der Waals surface area contributed by atoms with Crippen molar-refractivity contribution in [3.63, 3.8) is 0 Å². The molecule has 0 fully saturated rings. The summed E-state index contributed by atoms with van der Waals surface area (Å²) in [6.45, 7) is 4.28. The third-order valence-electron chi connectivity index (χ3n) is 3.49. The van der Waals surface area contributed by atoms with Crippen molar-refractivity contribution >= 4 is 17.3 Å². The second-order valence-electron chi connectivity index (χ2n) is 5.13. The van der Waals surface area contributed by atoms with E-state index in [0.29, 0.717) is 6.54 Å². The third-order valence-corrected chi connectivity index (χ3v) is 4.43. The van der Waals surface area contributed by atoms with Gasteiger partial charge in [-0.15, -0.1) is 11.3 Å². The van der Waals surface area contributed by atoms with Gasteiger partial charge in [0.15, 0.2) is 5.96 Å². The lowest BCUT2D eigenvalue weighted by Crippen LogP contribution is -2.38. The molecule has 0 aliphatic rings. The number of hydrogen-bond acceptors (Lipinski definition) is 4. The fourth-order valence-corrected chi connectivity index (χ4v) is 2.96. The van der Waals surface area contributed by atoms with Gasteiger partial charge in [0.2, 0.25) is 0 Å². The van der Waals surface area contributed by atoms with Crippen LogP contribution in [0.4, 0.5) is 0 Å². The fraction of sp³-hybridized carbons (Fsp3) is 0.389. The Bertz CT molecular complexity index is 642. The van der Waals surface area contributed by atoms with Crippen molar-refractivity contribution in [2.75, 3.05) is 27.3 Å². The lowest BCUT2D eigenvalue weighted by atomic mass is 10.2. The maximum absolute atomic E-state index is 5.42. The van der Waals surface area contributed by atoms with Crippen molar-refractivity contribution in [3.8, 4) is 11.5 Å². The Morgan fingerprint density at radius 2 is 2.04 bits per heavy atom. The molecule has 0 aliphatic carbocycles. The van der Waals surface area contributed by atoms with Crippen molar-refractivity contribution in [1.29, 1.82) is 0 Å². The molecule has 1 aromatic carbocycles. The molecule has 0 atom stereocenters. The average molecular weight is 347 g/mol. The van der Waals surface area contributed by atoms with Crippen LogP contribution >= 0.6 is 11.3 Å². The zero-order valence-corrected chi connectivity index (χ0v) is 15.3. The van der Waals surface area contributed by atoms with Crippen LogP contribution in [0.5, 0.6) is 11.5 Å². The van der Waals surface area contributed by atoms with Gasteiger partial charge in [-0.1, -0.05) is 6.07 Å². The molecule has 0 unspecified atom stereocenters. The van der Waals surface area contributed by atoms with Crippen LogP contribution in [-0.4, -0.2) is 33.3 Å². The van der Waals surface area contributed by atoms with Crippen LogP contribution in [0.1, 0.15) is 17.4 Å². The van der Waals surface area contributed by atoms with E-state index in [-0.39, 0.29) is 0 Å². The summed E-state index contributed by atoms with van der Waals surface area (Å²) in [4.78, 5) is 6.01. The minimum Gasteiger partial charge on any atom is -0.497 e. The van der Waals surface area contributed by atoms with E-state index in [1.54, 1.807) is 25.6 Å². The number of guanidine groups is 1. The van der Waals surface area contributed by atoms with Gasteiger partial charge in [0.05, 0.1) is 20.8 Å². The molecule has 2 N–H and O–H groups in total. The van der Waals surface area contributed by atoms with Gasteiger partial charge in [-0.2, -0.15) is 0 Å². The first-order valence-corrected chi connectivity index (χ1v) is 8.90. The van der Waals surface area contributed by atoms with Crippen LogP contribution in [0.2, 0.25) is 0 Å². The average Bonchev–Trinajstić information content (AvgIpc) is 3.13. The van der Waals surface area contributed by atoms with E-state index in [1.807, 2.05) is 18.2 Å². The summed E-state index contributed by atoms with van der Waals surface area (Å²) in [5.41, 5.74) is 1.02. The first-order chi connectivity index (χ1) is 11.8. The summed E-state index contributed by atoms with van der Waals surface area (Å²) < 4.78 is 10.6. The quantitative estimate of drug-likeness (QED) is 0.569. The molecule has 130 valence electrons. The van der Waals surface area contributed by atoms with Gasteiger partial charge < -0.3 is 20.1 Å². The van der Waals surface area contributed by atoms with Crippen LogP contribution < -0.4 is 20.1 Å². The summed E-state index contributed by atoms with van der Waals surface area (Å²) in [6.07, 6.45) is 0.994. The number of nitrogens with one attached hydrogen (secondary N) is 2. The molecule has 24 heavy (non-hydrogen) atoms. The summed E-state index contributed by atoms with van der Waals surface area (Å²) in [6, 6.07) is 10.0. The molecule has 0 bridgehead atoms. The van der Waals surface area contributed by atoms with Gasteiger partial charge in [-0.25, -0.2) is 4.99 Å². The molecule has 1 aromatic heterocycles. The van der Waals surface area contributed by atoms with E-state index in [4.69, 9.17) is 9.47 Å². The molecular weight excluding hydrogens is 322 g/mol. The van der Waals surface area contributed by atoms with E-state index in [1.165, 1.54) is 4.88 Å². The Hall–Kier alpha value is -2.21. The SMILES string of the molecule is CCNC(=NCc1ccc(OC)cc1OC)NCCc1cccs1. The molecule has 0 saturated carbocycles. The smallest absolute Gasteiger partial charge is 0.191 e. The molecule has 0 saturated heterocycles. The number of aliphatic imine (C=N–C) groups is 1. The standard InChI is InChI=1S/C18H25N3O2S/c1-4-19-18(20-10-9-16-6-5-11-24-16)21-13-14-7-8-15(22-2)12-17(14)23-3/h5-8,11-12H,4,9-10,13H2,1-3H3,(H2,19,20,21). The Balaban J connectivity index is 1.96. The molecule has 2 aromatic rings. The Kier molecular flexibility index (Phi) is 7.42. The largest absolute Gasteiger partial charge is 0.497 e. The highest BCUT2D eigenvalue weighted by Gasteiger charge is 2.05. The second kappa shape index (κ2) is 9.82. The van der Waals surface area contributed by atoms with Gasteiger partial charge in [-0.3, -0.25) is 0 Å². The van der Waals surface area contributed by atoms with E-state index in [9.17, 15) is 0 Å². The minimum atomic E-state index is 0.543. The van der Waals surface area contributed by atoms with Crippen molar-refractivity contribution < 1.29 is 9.47 Å². The summed E-state index contributed by atoms with van der Waals surface area (Å²) in [5, 5.41) is 8.74. The first-order valence-electron chi connectivity index (χ1n) is 8.02. The van der Waals surface area contributed by atoms with Crippen LogP contribution in [-0.2, 0) is 13.0 Å². The molecule has 2 rings (SSSR count). The number of methoxy groups -OCH3 is 2.